The zero-order valence-corrected chi connectivity index (χ0v) is 11.3. The van der Waals surface area contributed by atoms with E-state index in [2.05, 4.69) is 0 Å². The zero-order valence-electron chi connectivity index (χ0n) is 10.5. The van der Waals surface area contributed by atoms with E-state index >= 15 is 0 Å². The Kier molecular flexibility index (Phi) is 4.46. The minimum absolute atomic E-state index is 0.0721. The Bertz CT molecular complexity index is 556. The molecule has 0 unspecified atom stereocenters. The zero-order chi connectivity index (χ0) is 14.8. The van der Waals surface area contributed by atoms with E-state index in [1.807, 2.05) is 0 Å². The SMILES string of the molecule is Cc1ccc(N)cc1S(=O)(=O)N(C)CCC(F)(F)F. The Balaban J connectivity index is 3.00. The maximum absolute atomic E-state index is 12.1. The van der Waals surface area contributed by atoms with Gasteiger partial charge in [0, 0.05) is 19.3 Å². The average molecular weight is 296 g/mol. The monoisotopic (exact) mass is 296 g/mol. The van der Waals surface area contributed by atoms with Crippen LogP contribution in [-0.4, -0.2) is 32.5 Å². The molecule has 1 aromatic rings. The highest BCUT2D eigenvalue weighted by Gasteiger charge is 2.30. The summed E-state index contributed by atoms with van der Waals surface area (Å²) >= 11 is 0. The molecule has 108 valence electrons. The number of nitrogens with zero attached hydrogens (tertiary/aromatic N) is 1. The summed E-state index contributed by atoms with van der Waals surface area (Å²) < 4.78 is 61.3. The Labute approximate surface area is 110 Å². The number of nitrogen functional groups attached to an aromatic ring is 1. The fraction of sp³-hybridized carbons (Fsp3) is 0.455. The van der Waals surface area contributed by atoms with Crippen molar-refractivity contribution in [1.29, 1.82) is 0 Å². The van der Waals surface area contributed by atoms with Gasteiger partial charge in [-0.2, -0.15) is 13.2 Å². The molecule has 4 nitrogen and oxygen atoms in total. The molecular weight excluding hydrogens is 281 g/mol. The minimum Gasteiger partial charge on any atom is -0.399 e. The number of rotatable bonds is 4. The highest BCUT2D eigenvalue weighted by molar-refractivity contribution is 7.89. The lowest BCUT2D eigenvalue weighted by Crippen LogP contribution is -2.31. The first-order valence-electron chi connectivity index (χ1n) is 5.43. The molecule has 0 atom stereocenters. The Hall–Kier alpha value is -1.28. The summed E-state index contributed by atoms with van der Waals surface area (Å²) in [5.74, 6) is 0. The van der Waals surface area contributed by atoms with E-state index in [0.29, 0.717) is 9.87 Å². The highest BCUT2D eigenvalue weighted by Crippen LogP contribution is 2.24. The van der Waals surface area contributed by atoms with Gasteiger partial charge in [-0.3, -0.25) is 0 Å². The summed E-state index contributed by atoms with van der Waals surface area (Å²) in [5.41, 5.74) is 6.19. The summed E-state index contributed by atoms with van der Waals surface area (Å²) in [6.45, 7) is 0.935. The molecule has 2 N–H and O–H groups in total. The fourth-order valence-corrected chi connectivity index (χ4v) is 2.89. The van der Waals surface area contributed by atoms with Gasteiger partial charge in [-0.25, -0.2) is 12.7 Å². The van der Waals surface area contributed by atoms with Gasteiger partial charge in [0.2, 0.25) is 10.0 Å². The summed E-state index contributed by atoms with van der Waals surface area (Å²) in [6.07, 6.45) is -5.58. The number of benzene rings is 1. The molecule has 0 fully saturated rings. The summed E-state index contributed by atoms with van der Waals surface area (Å²) in [5, 5.41) is 0. The van der Waals surface area contributed by atoms with Gasteiger partial charge in [0.15, 0.2) is 0 Å². The van der Waals surface area contributed by atoms with Crippen LogP contribution in [0.4, 0.5) is 18.9 Å². The number of sulfonamides is 1. The van der Waals surface area contributed by atoms with Crippen molar-refractivity contribution in [2.24, 2.45) is 0 Å². The van der Waals surface area contributed by atoms with Crippen molar-refractivity contribution in [1.82, 2.24) is 4.31 Å². The number of hydrogen-bond donors (Lipinski definition) is 1. The molecule has 0 aliphatic rings. The van der Waals surface area contributed by atoms with E-state index < -0.39 is 29.2 Å². The van der Waals surface area contributed by atoms with Gasteiger partial charge >= 0.3 is 6.18 Å². The van der Waals surface area contributed by atoms with Gasteiger partial charge in [0.25, 0.3) is 0 Å². The number of hydrogen-bond acceptors (Lipinski definition) is 3. The van der Waals surface area contributed by atoms with Crippen LogP contribution >= 0.6 is 0 Å². The number of anilines is 1. The molecule has 0 radical (unpaired) electrons. The van der Waals surface area contributed by atoms with Crippen molar-refractivity contribution in [2.45, 2.75) is 24.4 Å². The second-order valence-electron chi connectivity index (χ2n) is 4.22. The molecule has 0 bridgehead atoms. The van der Waals surface area contributed by atoms with E-state index in [-0.39, 0.29) is 10.6 Å². The molecule has 0 saturated carbocycles. The third kappa shape index (κ3) is 4.10. The van der Waals surface area contributed by atoms with Gasteiger partial charge in [-0.1, -0.05) is 6.07 Å². The highest BCUT2D eigenvalue weighted by atomic mass is 32.2. The first kappa shape index (κ1) is 15.8. The fourth-order valence-electron chi connectivity index (χ4n) is 1.47. The number of aryl methyl sites for hydroxylation is 1. The molecule has 19 heavy (non-hydrogen) atoms. The molecule has 1 rings (SSSR count). The van der Waals surface area contributed by atoms with Gasteiger partial charge in [-0.05, 0) is 24.6 Å². The predicted octanol–water partition coefficient (Wildman–Crippen LogP) is 2.15. The molecule has 0 aromatic heterocycles. The lowest BCUT2D eigenvalue weighted by Gasteiger charge is -2.19. The quantitative estimate of drug-likeness (QED) is 0.866. The first-order chi connectivity index (χ1) is 8.54. The largest absolute Gasteiger partial charge is 0.399 e. The van der Waals surface area contributed by atoms with Crippen molar-refractivity contribution in [2.75, 3.05) is 19.3 Å². The average Bonchev–Trinajstić information content (AvgIpc) is 2.28. The molecule has 0 heterocycles. The maximum Gasteiger partial charge on any atom is 0.390 e. The summed E-state index contributed by atoms with van der Waals surface area (Å²) in [4.78, 5) is -0.0721. The topological polar surface area (TPSA) is 63.4 Å². The van der Waals surface area contributed by atoms with Crippen LogP contribution in [0.3, 0.4) is 0 Å². The van der Waals surface area contributed by atoms with Crippen LogP contribution < -0.4 is 5.73 Å². The van der Waals surface area contributed by atoms with Crippen molar-refractivity contribution in [3.8, 4) is 0 Å². The molecule has 0 amide bonds. The lowest BCUT2D eigenvalue weighted by molar-refractivity contribution is -0.135. The van der Waals surface area contributed by atoms with Crippen molar-refractivity contribution in [3.05, 3.63) is 23.8 Å². The van der Waals surface area contributed by atoms with Crippen LogP contribution in [0.5, 0.6) is 0 Å². The van der Waals surface area contributed by atoms with Crippen LogP contribution in [-0.2, 0) is 10.0 Å². The van der Waals surface area contributed by atoms with E-state index in [4.69, 9.17) is 5.73 Å². The van der Waals surface area contributed by atoms with Crippen molar-refractivity contribution >= 4 is 15.7 Å². The molecule has 0 aliphatic carbocycles. The van der Waals surface area contributed by atoms with Crippen LogP contribution in [0.25, 0.3) is 0 Å². The Morgan fingerprint density at radius 2 is 1.89 bits per heavy atom. The van der Waals surface area contributed by atoms with Gasteiger partial charge in [0.1, 0.15) is 0 Å². The number of halogens is 3. The van der Waals surface area contributed by atoms with Crippen molar-refractivity contribution < 1.29 is 21.6 Å². The number of alkyl halides is 3. The second-order valence-corrected chi connectivity index (χ2v) is 6.23. The standard InChI is InChI=1S/C11H15F3N2O2S/c1-8-3-4-9(15)7-10(8)19(17,18)16(2)6-5-11(12,13)14/h3-4,7H,5-6,15H2,1-2H3. The molecule has 0 spiro atoms. The minimum atomic E-state index is -4.39. The van der Waals surface area contributed by atoms with E-state index in [1.54, 1.807) is 6.92 Å². The molecule has 0 saturated heterocycles. The van der Waals surface area contributed by atoms with Crippen LogP contribution in [0, 0.1) is 6.92 Å². The van der Waals surface area contributed by atoms with E-state index in [1.165, 1.54) is 18.2 Å². The maximum atomic E-state index is 12.1. The van der Waals surface area contributed by atoms with Gasteiger partial charge in [0.05, 0.1) is 11.3 Å². The van der Waals surface area contributed by atoms with E-state index in [9.17, 15) is 21.6 Å². The molecular formula is C11H15F3N2O2S. The first-order valence-corrected chi connectivity index (χ1v) is 6.87. The Morgan fingerprint density at radius 1 is 1.32 bits per heavy atom. The van der Waals surface area contributed by atoms with Crippen molar-refractivity contribution in [3.63, 3.8) is 0 Å². The summed E-state index contributed by atoms with van der Waals surface area (Å²) in [7, 11) is -2.85. The molecule has 1 aromatic carbocycles. The summed E-state index contributed by atoms with van der Waals surface area (Å²) in [6, 6.07) is 4.29. The normalized spacial score (nSPS) is 12.9. The smallest absolute Gasteiger partial charge is 0.390 e. The Morgan fingerprint density at radius 3 is 2.42 bits per heavy atom. The van der Waals surface area contributed by atoms with Gasteiger partial charge in [-0.15, -0.1) is 0 Å². The van der Waals surface area contributed by atoms with Crippen LogP contribution in [0.15, 0.2) is 23.1 Å². The predicted molar refractivity (Wildman–Crippen MR) is 66.1 cm³/mol. The van der Waals surface area contributed by atoms with Gasteiger partial charge < -0.3 is 5.73 Å². The van der Waals surface area contributed by atoms with Crippen LogP contribution in [0.2, 0.25) is 0 Å². The third-order valence-electron chi connectivity index (χ3n) is 2.61. The molecule has 8 heteroatoms. The number of nitrogens with two attached hydrogens (primary N) is 1. The van der Waals surface area contributed by atoms with E-state index in [0.717, 1.165) is 7.05 Å². The van der Waals surface area contributed by atoms with Crippen LogP contribution in [0.1, 0.15) is 12.0 Å². The lowest BCUT2D eigenvalue weighted by atomic mass is 10.2. The third-order valence-corrected chi connectivity index (χ3v) is 4.61. The second kappa shape index (κ2) is 5.38. The molecule has 0 aliphatic heterocycles.